The Kier molecular flexibility index (Phi) is 2.67. The first kappa shape index (κ1) is 12.5. The molecule has 3 rings (SSSR count). The van der Waals surface area contributed by atoms with Crippen LogP contribution in [0.25, 0.3) is 21.8 Å². The number of nitrogens with one attached hydrogen (secondary N) is 2. The summed E-state index contributed by atoms with van der Waals surface area (Å²) < 4.78 is 36.7. The molecule has 0 atom stereocenters. The minimum absolute atomic E-state index is 0.115. The monoisotopic (exact) mass is 278 g/mol. The number of alkyl halides is 3. The molecule has 6 heteroatoms. The average molecular weight is 278 g/mol. The van der Waals surface area contributed by atoms with E-state index in [9.17, 15) is 18.0 Å². The van der Waals surface area contributed by atoms with Gasteiger partial charge in [0.15, 0.2) is 0 Å². The Hall–Kier alpha value is -2.50. The van der Waals surface area contributed by atoms with Crippen LogP contribution in [0.4, 0.5) is 18.9 Å². The third-order valence-corrected chi connectivity index (χ3v) is 3.02. The summed E-state index contributed by atoms with van der Waals surface area (Å²) in [5, 5.41) is 3.51. The van der Waals surface area contributed by atoms with Crippen molar-refractivity contribution in [3.63, 3.8) is 0 Å². The van der Waals surface area contributed by atoms with Crippen molar-refractivity contribution in [2.45, 2.75) is 6.18 Å². The molecule has 0 saturated carbocycles. The van der Waals surface area contributed by atoms with Gasteiger partial charge in [-0.1, -0.05) is 18.2 Å². The fourth-order valence-corrected chi connectivity index (χ4v) is 2.13. The second-order valence-electron chi connectivity index (χ2n) is 4.38. The summed E-state index contributed by atoms with van der Waals surface area (Å²) in [5.41, 5.74) is 1.81. The number of fused-ring (bicyclic) bond motifs is 3. The number of aromatic amines is 1. The molecule has 0 saturated heterocycles. The number of amides is 1. The van der Waals surface area contributed by atoms with Crippen LogP contribution >= 0.6 is 0 Å². The number of hydrogen-bond donors (Lipinski definition) is 2. The SMILES string of the molecule is O=C(Nc1ccc2[nH]c3ccccc3c2c1)C(F)(F)F. The van der Waals surface area contributed by atoms with Gasteiger partial charge in [-0.15, -0.1) is 0 Å². The number of carbonyl (C=O) groups excluding carboxylic acids is 1. The molecule has 3 aromatic rings. The zero-order valence-electron chi connectivity index (χ0n) is 10.1. The Morgan fingerprint density at radius 3 is 2.45 bits per heavy atom. The lowest BCUT2D eigenvalue weighted by Gasteiger charge is -2.07. The van der Waals surface area contributed by atoms with Gasteiger partial charge in [0.2, 0.25) is 0 Å². The highest BCUT2D eigenvalue weighted by atomic mass is 19.4. The van der Waals surface area contributed by atoms with E-state index in [-0.39, 0.29) is 5.69 Å². The van der Waals surface area contributed by atoms with Crippen LogP contribution in [-0.2, 0) is 4.79 Å². The van der Waals surface area contributed by atoms with E-state index in [1.165, 1.54) is 12.1 Å². The van der Waals surface area contributed by atoms with Crippen LogP contribution in [0.15, 0.2) is 42.5 Å². The van der Waals surface area contributed by atoms with E-state index in [4.69, 9.17) is 0 Å². The molecule has 2 aromatic carbocycles. The van der Waals surface area contributed by atoms with Gasteiger partial charge in [-0.05, 0) is 24.3 Å². The van der Waals surface area contributed by atoms with Crippen LogP contribution in [0.3, 0.4) is 0 Å². The Labute approximate surface area is 111 Å². The zero-order valence-corrected chi connectivity index (χ0v) is 10.1. The molecule has 2 N–H and O–H groups in total. The van der Waals surface area contributed by atoms with Gasteiger partial charge in [0.1, 0.15) is 0 Å². The molecule has 0 aliphatic carbocycles. The molecule has 0 spiro atoms. The minimum Gasteiger partial charge on any atom is -0.355 e. The lowest BCUT2D eigenvalue weighted by Crippen LogP contribution is -2.29. The zero-order chi connectivity index (χ0) is 14.3. The minimum atomic E-state index is -4.89. The predicted molar refractivity (Wildman–Crippen MR) is 70.5 cm³/mol. The highest BCUT2D eigenvalue weighted by Gasteiger charge is 2.38. The van der Waals surface area contributed by atoms with Crippen LogP contribution in [0.5, 0.6) is 0 Å². The highest BCUT2D eigenvalue weighted by Crippen LogP contribution is 2.28. The first-order chi connectivity index (χ1) is 9.45. The number of aromatic nitrogens is 1. The number of halogens is 3. The number of carbonyl (C=O) groups is 1. The topological polar surface area (TPSA) is 44.9 Å². The third-order valence-electron chi connectivity index (χ3n) is 3.02. The van der Waals surface area contributed by atoms with Crippen molar-refractivity contribution in [1.82, 2.24) is 4.98 Å². The molecular weight excluding hydrogens is 269 g/mol. The molecular formula is C14H9F3N2O. The standard InChI is InChI=1S/C14H9F3N2O/c15-14(16,17)13(20)18-8-5-6-12-10(7-8)9-3-1-2-4-11(9)19-12/h1-7,19H,(H,18,20). The maximum Gasteiger partial charge on any atom is 0.471 e. The van der Waals surface area contributed by atoms with E-state index in [0.29, 0.717) is 0 Å². The van der Waals surface area contributed by atoms with Crippen LogP contribution in [0.1, 0.15) is 0 Å². The van der Waals surface area contributed by atoms with Crippen molar-refractivity contribution in [2.24, 2.45) is 0 Å². The van der Waals surface area contributed by atoms with Crippen LogP contribution < -0.4 is 5.32 Å². The lowest BCUT2D eigenvalue weighted by atomic mass is 10.1. The average Bonchev–Trinajstić information content (AvgIpc) is 2.76. The van der Waals surface area contributed by atoms with E-state index in [1.807, 2.05) is 29.6 Å². The van der Waals surface area contributed by atoms with Gasteiger partial charge in [-0.2, -0.15) is 13.2 Å². The van der Waals surface area contributed by atoms with Gasteiger partial charge in [-0.3, -0.25) is 4.79 Å². The molecule has 1 aromatic heterocycles. The second-order valence-corrected chi connectivity index (χ2v) is 4.38. The molecule has 0 aliphatic heterocycles. The van der Waals surface area contributed by atoms with Gasteiger partial charge in [0.25, 0.3) is 0 Å². The van der Waals surface area contributed by atoms with Gasteiger partial charge in [0.05, 0.1) is 0 Å². The van der Waals surface area contributed by atoms with Gasteiger partial charge in [0, 0.05) is 27.5 Å². The summed E-state index contributed by atoms with van der Waals surface area (Å²) in [7, 11) is 0. The summed E-state index contributed by atoms with van der Waals surface area (Å²) in [5.74, 6) is -1.98. The lowest BCUT2D eigenvalue weighted by molar-refractivity contribution is -0.167. The summed E-state index contributed by atoms with van der Waals surface area (Å²) in [6.07, 6.45) is -4.89. The molecule has 1 heterocycles. The first-order valence-electron chi connectivity index (χ1n) is 5.84. The third kappa shape index (κ3) is 2.09. The normalized spacial score (nSPS) is 11.9. The second kappa shape index (κ2) is 4.26. The van der Waals surface area contributed by atoms with E-state index in [0.717, 1.165) is 21.8 Å². The molecule has 0 fully saturated rings. The maximum absolute atomic E-state index is 12.2. The maximum atomic E-state index is 12.2. The molecule has 0 bridgehead atoms. The number of rotatable bonds is 1. The fourth-order valence-electron chi connectivity index (χ4n) is 2.13. The molecule has 1 amide bonds. The fraction of sp³-hybridized carbons (Fsp3) is 0.0714. The molecule has 0 radical (unpaired) electrons. The van der Waals surface area contributed by atoms with Crippen molar-refractivity contribution in [1.29, 1.82) is 0 Å². The van der Waals surface area contributed by atoms with Gasteiger partial charge < -0.3 is 10.3 Å². The quantitative estimate of drug-likeness (QED) is 0.698. The number of hydrogen-bond acceptors (Lipinski definition) is 1. The van der Waals surface area contributed by atoms with Crippen molar-refractivity contribution in [3.8, 4) is 0 Å². The Balaban J connectivity index is 2.06. The number of benzene rings is 2. The van der Waals surface area contributed by atoms with Gasteiger partial charge >= 0.3 is 12.1 Å². The van der Waals surface area contributed by atoms with Crippen molar-refractivity contribution in [3.05, 3.63) is 42.5 Å². The highest BCUT2D eigenvalue weighted by molar-refractivity contribution is 6.09. The van der Waals surface area contributed by atoms with Crippen LogP contribution in [0, 0.1) is 0 Å². The summed E-state index contributed by atoms with van der Waals surface area (Å²) >= 11 is 0. The van der Waals surface area contributed by atoms with E-state index in [2.05, 4.69) is 4.98 Å². The van der Waals surface area contributed by atoms with Gasteiger partial charge in [-0.25, -0.2) is 0 Å². The number of anilines is 1. The Morgan fingerprint density at radius 2 is 1.70 bits per heavy atom. The molecule has 3 nitrogen and oxygen atoms in total. The number of para-hydroxylation sites is 1. The number of H-pyrrole nitrogens is 1. The van der Waals surface area contributed by atoms with Crippen molar-refractivity contribution >= 4 is 33.4 Å². The smallest absolute Gasteiger partial charge is 0.355 e. The predicted octanol–water partition coefficient (Wildman–Crippen LogP) is 3.82. The Morgan fingerprint density at radius 1 is 1.00 bits per heavy atom. The van der Waals surface area contributed by atoms with E-state index < -0.39 is 12.1 Å². The van der Waals surface area contributed by atoms with Crippen molar-refractivity contribution in [2.75, 3.05) is 5.32 Å². The first-order valence-corrected chi connectivity index (χ1v) is 5.84. The summed E-state index contributed by atoms with van der Waals surface area (Å²) in [6.45, 7) is 0. The molecule has 0 unspecified atom stereocenters. The largest absolute Gasteiger partial charge is 0.471 e. The molecule has 20 heavy (non-hydrogen) atoms. The van der Waals surface area contributed by atoms with Crippen LogP contribution in [-0.4, -0.2) is 17.1 Å². The van der Waals surface area contributed by atoms with E-state index in [1.54, 1.807) is 6.07 Å². The summed E-state index contributed by atoms with van der Waals surface area (Å²) in [6, 6.07) is 12.0. The molecule has 102 valence electrons. The Bertz CT molecular complexity index is 805. The van der Waals surface area contributed by atoms with Crippen molar-refractivity contribution < 1.29 is 18.0 Å². The summed E-state index contributed by atoms with van der Waals surface area (Å²) in [4.78, 5) is 14.1. The van der Waals surface area contributed by atoms with E-state index >= 15 is 0 Å². The van der Waals surface area contributed by atoms with Crippen LogP contribution in [0.2, 0.25) is 0 Å². The molecule has 0 aliphatic rings.